The third-order valence-electron chi connectivity index (χ3n) is 6.25. The zero-order valence-corrected chi connectivity index (χ0v) is 19.6. The third kappa shape index (κ3) is 6.70. The highest BCUT2D eigenvalue weighted by atomic mass is 16.2. The maximum absolute atomic E-state index is 13.2. The van der Waals surface area contributed by atoms with Crippen LogP contribution in [0.5, 0.6) is 0 Å². The van der Waals surface area contributed by atoms with Crippen LogP contribution in [-0.2, 0) is 17.6 Å². The van der Waals surface area contributed by atoms with Gasteiger partial charge in [0.15, 0.2) is 0 Å². The molecule has 2 amide bonds. The maximum atomic E-state index is 13.2. The zero-order valence-electron chi connectivity index (χ0n) is 19.6. The first-order valence-corrected chi connectivity index (χ1v) is 12.2. The smallest absolute Gasteiger partial charge is 0.253 e. The molecule has 5 heteroatoms. The molecule has 1 saturated heterocycles. The van der Waals surface area contributed by atoms with Gasteiger partial charge in [-0.15, -0.1) is 0 Å². The Morgan fingerprint density at radius 3 is 2.09 bits per heavy atom. The summed E-state index contributed by atoms with van der Waals surface area (Å²) in [6, 6.07) is 25.8. The van der Waals surface area contributed by atoms with Crippen molar-refractivity contribution in [1.82, 2.24) is 5.32 Å². The predicted octanol–water partition coefficient (Wildman–Crippen LogP) is 5.22. The van der Waals surface area contributed by atoms with E-state index < -0.39 is 0 Å². The molecule has 34 heavy (non-hydrogen) atoms. The average molecular weight is 456 g/mol. The first-order valence-electron chi connectivity index (χ1n) is 12.2. The van der Waals surface area contributed by atoms with E-state index in [2.05, 4.69) is 27.7 Å². The number of anilines is 2. The Hall–Kier alpha value is -3.60. The topological polar surface area (TPSA) is 61.4 Å². The van der Waals surface area contributed by atoms with Gasteiger partial charge in [-0.25, -0.2) is 0 Å². The number of aryl methyl sites for hydroxylation is 1. The summed E-state index contributed by atoms with van der Waals surface area (Å²) in [5, 5.41) is 6.06. The van der Waals surface area contributed by atoms with Gasteiger partial charge in [0.2, 0.25) is 5.91 Å². The Kier molecular flexibility index (Phi) is 8.33. The van der Waals surface area contributed by atoms with Crippen LogP contribution in [0.15, 0.2) is 78.9 Å². The van der Waals surface area contributed by atoms with Crippen molar-refractivity contribution in [1.29, 1.82) is 0 Å². The van der Waals surface area contributed by atoms with Gasteiger partial charge in [0.25, 0.3) is 5.91 Å². The second kappa shape index (κ2) is 12.0. The summed E-state index contributed by atoms with van der Waals surface area (Å²) in [7, 11) is 0. The molecule has 0 aromatic heterocycles. The first-order chi connectivity index (χ1) is 16.7. The molecule has 1 aliphatic heterocycles. The van der Waals surface area contributed by atoms with Crippen LogP contribution in [0.1, 0.15) is 47.2 Å². The molecule has 3 aromatic carbocycles. The van der Waals surface area contributed by atoms with E-state index in [1.54, 1.807) is 0 Å². The molecule has 2 N–H and O–H groups in total. The van der Waals surface area contributed by atoms with E-state index >= 15 is 0 Å². The molecule has 0 bridgehead atoms. The molecule has 176 valence electrons. The minimum Gasteiger partial charge on any atom is -0.371 e. The molecule has 0 radical (unpaired) electrons. The van der Waals surface area contributed by atoms with Crippen molar-refractivity contribution in [3.63, 3.8) is 0 Å². The fourth-order valence-electron chi connectivity index (χ4n) is 4.39. The van der Waals surface area contributed by atoms with Gasteiger partial charge < -0.3 is 15.5 Å². The number of rotatable bonds is 9. The van der Waals surface area contributed by atoms with Crippen LogP contribution >= 0.6 is 0 Å². The molecule has 1 fully saturated rings. The number of hydrogen-bond donors (Lipinski definition) is 2. The standard InChI is InChI=1S/C29H33N3O2/c33-28(17-14-23-10-4-1-5-11-23)31-25-15-16-27(32-20-8-3-9-21-32)26(22-25)29(34)30-19-18-24-12-6-2-7-13-24/h1-2,4-7,10-13,15-16,22H,3,8-9,14,17-21H2,(H,30,34)(H,31,33). The van der Waals surface area contributed by atoms with Gasteiger partial charge in [-0.05, 0) is 61.4 Å². The van der Waals surface area contributed by atoms with Crippen molar-refractivity contribution in [3.8, 4) is 0 Å². The Morgan fingerprint density at radius 1 is 0.765 bits per heavy atom. The highest BCUT2D eigenvalue weighted by molar-refractivity contribution is 6.02. The Balaban J connectivity index is 1.43. The van der Waals surface area contributed by atoms with Crippen LogP contribution in [0.25, 0.3) is 0 Å². The second-order valence-electron chi connectivity index (χ2n) is 8.80. The lowest BCUT2D eigenvalue weighted by Gasteiger charge is -2.30. The van der Waals surface area contributed by atoms with Crippen LogP contribution in [0, 0.1) is 0 Å². The number of carbonyl (C=O) groups excluding carboxylic acids is 2. The molecule has 0 atom stereocenters. The van der Waals surface area contributed by atoms with Crippen molar-refractivity contribution >= 4 is 23.2 Å². The van der Waals surface area contributed by atoms with E-state index in [1.165, 1.54) is 12.0 Å². The monoisotopic (exact) mass is 455 g/mol. The van der Waals surface area contributed by atoms with Crippen molar-refractivity contribution in [3.05, 3.63) is 95.6 Å². The molecule has 0 unspecified atom stereocenters. The molecule has 0 spiro atoms. The summed E-state index contributed by atoms with van der Waals surface area (Å²) >= 11 is 0. The zero-order chi connectivity index (χ0) is 23.6. The quantitative estimate of drug-likeness (QED) is 0.465. The van der Waals surface area contributed by atoms with Crippen molar-refractivity contribution in [2.75, 3.05) is 29.9 Å². The molecular formula is C29H33N3O2. The van der Waals surface area contributed by atoms with Crippen molar-refractivity contribution < 1.29 is 9.59 Å². The Bertz CT molecular complexity index is 1080. The minimum atomic E-state index is -0.100. The lowest BCUT2D eigenvalue weighted by molar-refractivity contribution is -0.116. The molecule has 0 saturated carbocycles. The van der Waals surface area contributed by atoms with Gasteiger partial charge >= 0.3 is 0 Å². The summed E-state index contributed by atoms with van der Waals surface area (Å²) in [5.41, 5.74) is 4.55. The number of benzene rings is 3. The molecule has 5 nitrogen and oxygen atoms in total. The molecule has 3 aromatic rings. The van der Waals surface area contributed by atoms with Crippen LogP contribution in [0.3, 0.4) is 0 Å². The summed E-state index contributed by atoms with van der Waals surface area (Å²) in [4.78, 5) is 28.0. The van der Waals surface area contributed by atoms with Crippen LogP contribution in [-0.4, -0.2) is 31.4 Å². The van der Waals surface area contributed by atoms with E-state index in [4.69, 9.17) is 0 Å². The molecule has 1 heterocycles. The largest absolute Gasteiger partial charge is 0.371 e. The highest BCUT2D eigenvalue weighted by Gasteiger charge is 2.19. The van der Waals surface area contributed by atoms with Gasteiger partial charge in [0.05, 0.1) is 5.56 Å². The molecule has 1 aliphatic rings. The number of carbonyl (C=O) groups is 2. The van der Waals surface area contributed by atoms with Gasteiger partial charge in [-0.2, -0.15) is 0 Å². The predicted molar refractivity (Wildman–Crippen MR) is 138 cm³/mol. The number of amides is 2. The summed E-state index contributed by atoms with van der Waals surface area (Å²) in [6.07, 6.45) is 5.36. The van der Waals surface area contributed by atoms with Gasteiger partial charge in [-0.1, -0.05) is 60.7 Å². The van der Waals surface area contributed by atoms with E-state index in [9.17, 15) is 9.59 Å². The number of piperidine rings is 1. The van der Waals surface area contributed by atoms with Gasteiger partial charge in [0, 0.05) is 37.4 Å². The average Bonchev–Trinajstić information content (AvgIpc) is 2.89. The van der Waals surface area contributed by atoms with Crippen molar-refractivity contribution in [2.45, 2.75) is 38.5 Å². The van der Waals surface area contributed by atoms with E-state index in [1.807, 2.05) is 66.7 Å². The fourth-order valence-corrected chi connectivity index (χ4v) is 4.39. The van der Waals surface area contributed by atoms with Gasteiger partial charge in [-0.3, -0.25) is 9.59 Å². The lowest BCUT2D eigenvalue weighted by Crippen LogP contribution is -2.33. The highest BCUT2D eigenvalue weighted by Crippen LogP contribution is 2.27. The number of hydrogen-bond acceptors (Lipinski definition) is 3. The van der Waals surface area contributed by atoms with Crippen LogP contribution in [0.4, 0.5) is 11.4 Å². The van der Waals surface area contributed by atoms with E-state index in [0.717, 1.165) is 43.6 Å². The second-order valence-corrected chi connectivity index (χ2v) is 8.80. The molecule has 4 rings (SSSR count). The number of nitrogens with one attached hydrogen (secondary N) is 2. The minimum absolute atomic E-state index is 0.0509. The van der Waals surface area contributed by atoms with Crippen LogP contribution in [0.2, 0.25) is 0 Å². The third-order valence-corrected chi connectivity index (χ3v) is 6.25. The SMILES string of the molecule is O=C(CCc1ccccc1)Nc1ccc(N2CCCCC2)c(C(=O)NCCc2ccccc2)c1. The normalized spacial score (nSPS) is 13.4. The van der Waals surface area contributed by atoms with Gasteiger partial charge in [0.1, 0.15) is 0 Å². The van der Waals surface area contributed by atoms with Crippen molar-refractivity contribution in [2.24, 2.45) is 0 Å². The lowest BCUT2D eigenvalue weighted by atomic mass is 10.1. The summed E-state index contributed by atoms with van der Waals surface area (Å²) in [6.45, 7) is 2.47. The van der Waals surface area contributed by atoms with E-state index in [-0.39, 0.29) is 11.8 Å². The number of nitrogens with zero attached hydrogens (tertiary/aromatic N) is 1. The maximum Gasteiger partial charge on any atom is 0.253 e. The fraction of sp³-hybridized carbons (Fsp3) is 0.310. The Labute approximate surface area is 202 Å². The summed E-state index contributed by atoms with van der Waals surface area (Å²) < 4.78 is 0. The Morgan fingerprint density at radius 2 is 1.41 bits per heavy atom. The van der Waals surface area contributed by atoms with Crippen LogP contribution < -0.4 is 15.5 Å². The first kappa shape index (κ1) is 23.6. The molecular weight excluding hydrogens is 422 g/mol. The molecule has 0 aliphatic carbocycles. The van der Waals surface area contributed by atoms with E-state index in [0.29, 0.717) is 30.6 Å². The summed E-state index contributed by atoms with van der Waals surface area (Å²) in [5.74, 6) is -0.151.